The van der Waals surface area contributed by atoms with Gasteiger partial charge in [-0.2, -0.15) is 0 Å². The number of carbonyl (C=O) groups is 2. The third-order valence-electron chi connectivity index (χ3n) is 3.85. The Kier molecular flexibility index (Phi) is 4.40. The van der Waals surface area contributed by atoms with Crippen LogP contribution in [0.25, 0.3) is 0 Å². The maximum absolute atomic E-state index is 12.0. The van der Waals surface area contributed by atoms with E-state index in [2.05, 4.69) is 6.08 Å². The molecule has 0 aromatic rings. The highest BCUT2D eigenvalue weighted by Crippen LogP contribution is 2.40. The van der Waals surface area contributed by atoms with Crippen LogP contribution < -0.4 is 0 Å². The lowest BCUT2D eigenvalue weighted by molar-refractivity contribution is -0.146. The second kappa shape index (κ2) is 6.04. The van der Waals surface area contributed by atoms with Crippen LogP contribution in [0.15, 0.2) is 23.3 Å². The second-order valence-corrected chi connectivity index (χ2v) is 4.94. The van der Waals surface area contributed by atoms with Crippen LogP contribution in [0.1, 0.15) is 32.6 Å². The molecule has 0 aliphatic heterocycles. The molecule has 0 aromatic heterocycles. The Morgan fingerprint density at radius 1 is 1.37 bits per heavy atom. The summed E-state index contributed by atoms with van der Waals surface area (Å²) in [4.78, 5) is 23.7. The van der Waals surface area contributed by atoms with E-state index in [9.17, 15) is 9.59 Å². The minimum absolute atomic E-state index is 0.178. The molecule has 0 amide bonds. The van der Waals surface area contributed by atoms with Gasteiger partial charge in [0.2, 0.25) is 0 Å². The fraction of sp³-hybridized carbons (Fsp3) is 0.600. The smallest absolute Gasteiger partial charge is 0.333 e. The highest BCUT2D eigenvalue weighted by Gasteiger charge is 2.35. The summed E-state index contributed by atoms with van der Waals surface area (Å²) in [7, 11) is 1.39. The van der Waals surface area contributed by atoms with Gasteiger partial charge >= 0.3 is 11.9 Å². The van der Waals surface area contributed by atoms with Gasteiger partial charge in [0.25, 0.3) is 0 Å². The van der Waals surface area contributed by atoms with Crippen molar-refractivity contribution in [3.8, 4) is 0 Å². The van der Waals surface area contributed by atoms with E-state index in [1.165, 1.54) is 7.11 Å². The number of esters is 2. The summed E-state index contributed by atoms with van der Waals surface area (Å²) in [6, 6.07) is 0. The van der Waals surface area contributed by atoms with Crippen LogP contribution in [0.3, 0.4) is 0 Å². The first-order chi connectivity index (χ1) is 9.17. The van der Waals surface area contributed by atoms with Crippen molar-refractivity contribution in [3.05, 3.63) is 23.3 Å². The number of hydrogen-bond acceptors (Lipinski definition) is 4. The topological polar surface area (TPSA) is 52.6 Å². The average Bonchev–Trinajstić information content (AvgIpc) is 2.78. The molecule has 0 spiro atoms. The Bertz CT molecular complexity index is 433. The van der Waals surface area contributed by atoms with Gasteiger partial charge in [0.15, 0.2) is 0 Å². The number of carbonyl (C=O) groups excluding carboxylic acids is 2. The van der Waals surface area contributed by atoms with Crippen molar-refractivity contribution in [2.24, 2.45) is 11.8 Å². The van der Waals surface area contributed by atoms with E-state index in [4.69, 9.17) is 9.47 Å². The first-order valence-electron chi connectivity index (χ1n) is 6.81. The van der Waals surface area contributed by atoms with Gasteiger partial charge in [-0.1, -0.05) is 17.7 Å². The third-order valence-corrected chi connectivity index (χ3v) is 3.85. The molecule has 2 atom stereocenters. The largest absolute Gasteiger partial charge is 0.466 e. The van der Waals surface area contributed by atoms with Crippen molar-refractivity contribution in [2.75, 3.05) is 13.7 Å². The minimum Gasteiger partial charge on any atom is -0.466 e. The van der Waals surface area contributed by atoms with Crippen molar-refractivity contribution in [3.63, 3.8) is 0 Å². The van der Waals surface area contributed by atoms with Gasteiger partial charge in [0.1, 0.15) is 0 Å². The van der Waals surface area contributed by atoms with Gasteiger partial charge in [-0.15, -0.1) is 0 Å². The molecule has 0 bridgehead atoms. The predicted molar refractivity (Wildman–Crippen MR) is 70.3 cm³/mol. The molecule has 0 radical (unpaired) electrons. The van der Waals surface area contributed by atoms with Crippen LogP contribution >= 0.6 is 0 Å². The summed E-state index contributed by atoms with van der Waals surface area (Å²) >= 11 is 0. The van der Waals surface area contributed by atoms with Crippen molar-refractivity contribution in [2.45, 2.75) is 32.6 Å². The first kappa shape index (κ1) is 13.8. The SMILES string of the molecule is CCOC(=O)C1CC=C(C(=O)OC)CC2CCC=C21. The standard InChI is InChI=1S/C15H20O4/c1-3-19-15(17)13-8-7-11(14(16)18-2)9-10-5-4-6-12(10)13/h6-7,10,13H,3-5,8-9H2,1-2H3. The Hall–Kier alpha value is -1.58. The number of hydrogen-bond donors (Lipinski definition) is 0. The van der Waals surface area contributed by atoms with Crippen LogP contribution in [0.5, 0.6) is 0 Å². The number of fused-ring (bicyclic) bond motifs is 1. The Balaban J connectivity index is 2.22. The molecule has 0 saturated carbocycles. The van der Waals surface area contributed by atoms with Crippen LogP contribution in [0.4, 0.5) is 0 Å². The second-order valence-electron chi connectivity index (χ2n) is 4.94. The summed E-state index contributed by atoms with van der Waals surface area (Å²) in [5.41, 5.74) is 1.83. The monoisotopic (exact) mass is 264 g/mol. The van der Waals surface area contributed by atoms with Crippen LogP contribution in [0.2, 0.25) is 0 Å². The van der Waals surface area contributed by atoms with Crippen LogP contribution in [0, 0.1) is 11.8 Å². The lowest BCUT2D eigenvalue weighted by Gasteiger charge is -2.19. The van der Waals surface area contributed by atoms with Crippen molar-refractivity contribution in [1.82, 2.24) is 0 Å². The maximum Gasteiger partial charge on any atom is 0.333 e. The van der Waals surface area contributed by atoms with E-state index >= 15 is 0 Å². The lowest BCUT2D eigenvalue weighted by Crippen LogP contribution is -2.21. The number of allylic oxidation sites excluding steroid dienone is 2. The van der Waals surface area contributed by atoms with Crippen molar-refractivity contribution in [1.29, 1.82) is 0 Å². The molecule has 0 aromatic carbocycles. The molecule has 4 nitrogen and oxygen atoms in total. The maximum atomic E-state index is 12.0. The summed E-state index contributed by atoms with van der Waals surface area (Å²) in [5.74, 6) is -0.407. The zero-order chi connectivity index (χ0) is 13.8. The molecule has 104 valence electrons. The Morgan fingerprint density at radius 3 is 2.84 bits per heavy atom. The van der Waals surface area contributed by atoms with Gasteiger partial charge in [-0.25, -0.2) is 4.79 Å². The fourth-order valence-corrected chi connectivity index (χ4v) is 2.95. The molecule has 0 N–H and O–H groups in total. The van der Waals surface area contributed by atoms with E-state index in [0.29, 0.717) is 25.0 Å². The van der Waals surface area contributed by atoms with E-state index in [1.807, 2.05) is 13.0 Å². The quantitative estimate of drug-likeness (QED) is 0.580. The molecule has 19 heavy (non-hydrogen) atoms. The summed E-state index contributed by atoms with van der Waals surface area (Å²) in [5, 5.41) is 0. The Morgan fingerprint density at radius 2 is 2.16 bits per heavy atom. The third kappa shape index (κ3) is 2.88. The Labute approximate surface area is 113 Å². The fourth-order valence-electron chi connectivity index (χ4n) is 2.95. The van der Waals surface area contributed by atoms with Gasteiger partial charge in [0, 0.05) is 5.57 Å². The van der Waals surface area contributed by atoms with Gasteiger partial charge in [0.05, 0.1) is 19.6 Å². The molecule has 2 unspecified atom stereocenters. The molecule has 2 rings (SSSR count). The van der Waals surface area contributed by atoms with Crippen LogP contribution in [-0.4, -0.2) is 25.7 Å². The highest BCUT2D eigenvalue weighted by atomic mass is 16.5. The summed E-state index contributed by atoms with van der Waals surface area (Å²) < 4.78 is 9.94. The molecule has 4 heteroatoms. The van der Waals surface area contributed by atoms with Crippen LogP contribution in [-0.2, 0) is 19.1 Å². The number of methoxy groups -OCH3 is 1. The molecule has 2 aliphatic carbocycles. The molecule has 2 aliphatic rings. The number of ether oxygens (including phenoxy) is 2. The van der Waals surface area contributed by atoms with Gasteiger partial charge in [-0.05, 0) is 38.5 Å². The first-order valence-corrected chi connectivity index (χ1v) is 6.81. The number of rotatable bonds is 3. The van der Waals surface area contributed by atoms with E-state index in [1.54, 1.807) is 0 Å². The lowest BCUT2D eigenvalue weighted by atomic mass is 9.88. The van der Waals surface area contributed by atoms with Crippen molar-refractivity contribution < 1.29 is 19.1 Å². The zero-order valence-corrected chi connectivity index (χ0v) is 11.5. The normalized spacial score (nSPS) is 25.8. The summed E-state index contributed by atoms with van der Waals surface area (Å²) in [6.07, 6.45) is 7.16. The average molecular weight is 264 g/mol. The van der Waals surface area contributed by atoms with E-state index in [0.717, 1.165) is 18.4 Å². The molecule has 0 heterocycles. The zero-order valence-electron chi connectivity index (χ0n) is 11.5. The van der Waals surface area contributed by atoms with Gasteiger partial charge in [-0.3, -0.25) is 4.79 Å². The molecule has 0 saturated heterocycles. The highest BCUT2D eigenvalue weighted by molar-refractivity contribution is 5.89. The molecule has 0 fully saturated rings. The predicted octanol–water partition coefficient (Wildman–Crippen LogP) is 2.40. The van der Waals surface area contributed by atoms with Crippen molar-refractivity contribution >= 4 is 11.9 Å². The van der Waals surface area contributed by atoms with Gasteiger partial charge < -0.3 is 9.47 Å². The molecular formula is C15H20O4. The van der Waals surface area contributed by atoms with E-state index in [-0.39, 0.29) is 23.8 Å². The minimum atomic E-state index is -0.282. The molecular weight excluding hydrogens is 244 g/mol. The van der Waals surface area contributed by atoms with E-state index < -0.39 is 0 Å². The summed E-state index contributed by atoms with van der Waals surface area (Å²) in [6.45, 7) is 2.20.